The molecule has 0 aliphatic heterocycles. The molecular weight excluding hydrogens is 1660 g/mol. The van der Waals surface area contributed by atoms with Crippen LogP contribution in [0, 0.1) is 45.1 Å². The molecule has 24 heteroatoms. The van der Waals surface area contributed by atoms with Crippen LogP contribution in [0.2, 0.25) is 15.1 Å². The van der Waals surface area contributed by atoms with Crippen LogP contribution in [0.1, 0.15) is 173 Å². The molecule has 10 N–H and O–H groups in total. The molecule has 0 saturated heterocycles. The van der Waals surface area contributed by atoms with Crippen molar-refractivity contribution in [2.75, 3.05) is 45.8 Å². The first kappa shape index (κ1) is 92.4. The maximum atomic E-state index is 13.5. The molecule has 15 rings (SSSR count). The standard InChI is InChI=1S/C31H32ClN3O.C30H27ClN4O.C30H31ClN4O.C4H13N3.3ClH.Ni/c1-3-22-8-7-11-26(18-22)35-29(16-21(2)34-35)30(36)19-24-9-6-10-25(17-24)31(33-20-23-14-15-23)27-12-4-5-13-28(27)32;1-20-15-28(35(34-20)25-10-6-9-24(18-25)32-2)29(36)17-22-7-5-8-23(16-22)30(33-19-21-13-14-21)26-11-3-4-12-27(26)31;1-20-14-28(35(34-20)25-9-5-7-23(16-25)18-32)29(36)17-22-6-4-8-24(15-22)30(33-19-21-12-13-21)26-10-2-3-11-27(26)31;5-1-3-7-4-2-6;;;;/h4-13,16-18,23,31,33H,3,14-15,19-20H2,1-2H3;3-12,15-16,18,21,30,33H,13-14,17,19H2,1H3;2-11,14-16,21,30,33H,12-13,17-19,32H2,1H3;7H,1-6H2;3*1H;/q;;;;;;;+2/p-2. The number of rotatable bonds is 33. The van der Waals surface area contributed by atoms with Crippen molar-refractivity contribution in [1.29, 1.82) is 0 Å². The van der Waals surface area contributed by atoms with Crippen molar-refractivity contribution in [1.82, 2.24) is 50.6 Å². The third-order valence-corrected chi connectivity index (χ3v) is 21.7. The average molecular weight is 1760 g/mol. The molecule has 3 unspecified atom stereocenters. The van der Waals surface area contributed by atoms with E-state index in [2.05, 4.69) is 115 Å². The van der Waals surface area contributed by atoms with Crippen LogP contribution in [0.4, 0.5) is 5.69 Å². The van der Waals surface area contributed by atoms with Gasteiger partial charge < -0.3 is 38.5 Å². The molecule has 3 heterocycles. The Balaban J connectivity index is 0.000000176. The summed E-state index contributed by atoms with van der Waals surface area (Å²) in [7, 11) is 9.40. The number of nitrogens with two attached hydrogens (primary N) is 3. The van der Waals surface area contributed by atoms with E-state index in [9.17, 15) is 14.4 Å². The van der Waals surface area contributed by atoms with Gasteiger partial charge in [-0.1, -0.05) is 206 Å². The van der Waals surface area contributed by atoms with Gasteiger partial charge in [0.15, 0.2) is 23.0 Å². The summed E-state index contributed by atoms with van der Waals surface area (Å²) < 4.78 is 5.15. The van der Waals surface area contributed by atoms with Gasteiger partial charge in [0.25, 0.3) is 0 Å². The first-order valence-electron chi connectivity index (χ1n) is 40.2. The summed E-state index contributed by atoms with van der Waals surface area (Å²) in [6.07, 6.45) is 9.43. The molecule has 0 spiro atoms. The number of nitrogens with zero attached hydrogens (tertiary/aromatic N) is 7. The first-order chi connectivity index (χ1) is 57.4. The van der Waals surface area contributed by atoms with E-state index >= 15 is 0 Å². The van der Waals surface area contributed by atoms with Crippen molar-refractivity contribution in [2.24, 2.45) is 35.0 Å². The van der Waals surface area contributed by atoms with Crippen LogP contribution in [0.25, 0.3) is 21.9 Å². The molecule has 9 aromatic carbocycles. The second-order valence-electron chi connectivity index (χ2n) is 30.1. The number of benzene rings is 9. The van der Waals surface area contributed by atoms with Gasteiger partial charge in [-0.2, -0.15) is 15.3 Å². The summed E-state index contributed by atoms with van der Waals surface area (Å²) in [5.74, 6) is 2.25. The zero-order valence-corrected chi connectivity index (χ0v) is 73.0. The second kappa shape index (κ2) is 46.7. The average Bonchev–Trinajstić information content (AvgIpc) is 1.61. The number of hydrogen-bond acceptors (Lipinski definition) is 13. The Morgan fingerprint density at radius 1 is 0.437 bits per heavy atom. The number of Topliss-reactive ketones (excluding diaryl/α,β-unsaturated/α-hetero) is 3. The van der Waals surface area contributed by atoms with Crippen LogP contribution >= 0.6 is 67.6 Å². The van der Waals surface area contributed by atoms with Crippen LogP contribution in [-0.4, -0.2) is 92.5 Å². The number of aryl methyl sites for hydroxylation is 4. The Bertz CT molecular complexity index is 5150. The van der Waals surface area contributed by atoms with Crippen LogP contribution in [0.15, 0.2) is 237 Å². The van der Waals surface area contributed by atoms with E-state index in [1.165, 1.54) is 44.1 Å². The molecule has 0 radical (unpaired) electrons. The van der Waals surface area contributed by atoms with Gasteiger partial charge in [-0.05, 0) is 237 Å². The van der Waals surface area contributed by atoms with Crippen molar-refractivity contribution in [3.05, 3.63) is 358 Å². The Morgan fingerprint density at radius 2 is 0.748 bits per heavy atom. The number of aromatic nitrogens is 6. The number of ketones is 3. The van der Waals surface area contributed by atoms with E-state index in [0.717, 1.165) is 156 Å². The summed E-state index contributed by atoms with van der Waals surface area (Å²) in [6, 6.07) is 77.3. The monoisotopic (exact) mass is 1760 g/mol. The third-order valence-electron chi connectivity index (χ3n) is 20.7. The fourth-order valence-electron chi connectivity index (χ4n) is 14.1. The molecule has 3 atom stereocenters. The van der Waals surface area contributed by atoms with Gasteiger partial charge in [-0.25, -0.2) is 18.9 Å². The Morgan fingerprint density at radius 3 is 1.07 bits per heavy atom. The molecule has 12 aromatic rings. The van der Waals surface area contributed by atoms with E-state index in [4.69, 9.17) is 79.0 Å². The predicted octanol–water partition coefficient (Wildman–Crippen LogP) is 19.9. The molecule has 3 aliphatic carbocycles. The Labute approximate surface area is 735 Å². The molecular formula is C95H104Cl6N14NiO3. The van der Waals surface area contributed by atoms with E-state index in [-0.39, 0.29) is 60.7 Å². The van der Waals surface area contributed by atoms with Crippen molar-refractivity contribution in [3.8, 4) is 17.1 Å². The summed E-state index contributed by atoms with van der Waals surface area (Å²) in [6.45, 7) is 21.6. The van der Waals surface area contributed by atoms with E-state index < -0.39 is 0 Å². The van der Waals surface area contributed by atoms with E-state index in [1.807, 2.05) is 166 Å². The van der Waals surface area contributed by atoms with Crippen LogP contribution < -0.4 is 38.5 Å². The van der Waals surface area contributed by atoms with E-state index in [1.54, 1.807) is 38.3 Å². The summed E-state index contributed by atoms with van der Waals surface area (Å²) in [5.41, 5.74) is 34.8. The Kier molecular flexibility index (Phi) is 36.3. The summed E-state index contributed by atoms with van der Waals surface area (Å²) in [5, 5.41) is 30.2. The van der Waals surface area contributed by atoms with Gasteiger partial charge in [0.05, 0.1) is 58.8 Å². The first-order valence-corrected chi connectivity index (χ1v) is 44.0. The minimum atomic E-state index is -0.0431. The zero-order valence-electron chi connectivity index (χ0n) is 67.4. The fraction of sp³-hybridized carbons (Fsp3) is 0.295. The maximum absolute atomic E-state index is 13.5. The zero-order chi connectivity index (χ0) is 83.5. The quantitative estimate of drug-likeness (QED) is 0.00879. The number of nitrogens with one attached hydrogen (secondary N) is 4. The topological polar surface area (TPSA) is 235 Å². The van der Waals surface area contributed by atoms with Gasteiger partial charge in [0.2, 0.25) is 0 Å². The van der Waals surface area contributed by atoms with Crippen LogP contribution in [0.3, 0.4) is 0 Å². The summed E-state index contributed by atoms with van der Waals surface area (Å²) >= 11 is 20.3. The molecule has 3 fully saturated rings. The molecule has 0 bridgehead atoms. The number of hydrogen-bond donors (Lipinski definition) is 7. The van der Waals surface area contributed by atoms with Crippen molar-refractivity contribution < 1.29 is 27.0 Å². The molecule has 624 valence electrons. The normalized spacial score (nSPS) is 13.4. The molecule has 3 saturated carbocycles. The van der Waals surface area contributed by atoms with Crippen molar-refractivity contribution >= 4 is 90.6 Å². The molecule has 119 heavy (non-hydrogen) atoms. The van der Waals surface area contributed by atoms with Gasteiger partial charge >= 0.3 is 33.0 Å². The van der Waals surface area contributed by atoms with Crippen molar-refractivity contribution in [2.45, 2.75) is 117 Å². The Hall–Kier alpha value is -8.94. The predicted molar refractivity (Wildman–Crippen MR) is 484 cm³/mol. The molecule has 17 nitrogen and oxygen atoms in total. The number of carbonyl (C=O) groups excluding carboxylic acids is 3. The number of carbonyl (C=O) groups is 3. The third kappa shape index (κ3) is 27.3. The molecule has 0 amide bonds. The van der Waals surface area contributed by atoms with E-state index in [0.29, 0.717) is 67.2 Å². The van der Waals surface area contributed by atoms with Gasteiger partial charge in [-0.15, -0.1) is 12.4 Å². The summed E-state index contributed by atoms with van der Waals surface area (Å²) in [4.78, 5) is 43.9. The van der Waals surface area contributed by atoms with Gasteiger partial charge in [-0.3, -0.25) is 14.4 Å². The molecule has 3 aliphatic rings. The van der Waals surface area contributed by atoms with Gasteiger partial charge in [0.1, 0.15) is 17.1 Å². The SMILES string of the molecule is CCc1cccc(-n2nc(C)cc2C(=O)Cc2cccc(C(NCC3CC3)c3ccccc3Cl)c2)c1.Cc1cc(C(=O)Cc2cccc(C(NCC3CC3)c3ccccc3Cl)c2)n(-c2cccc(CN)c2)n1.Cl.NCCNCCN.[C-]#[N+]c1cccc(-n2nc(C)cc2C(=O)Cc2cccc(C(NCC3CC3)c3ccccc3Cl)c2)c1.[Cl][Ni][Cl]. The fourth-order valence-corrected chi connectivity index (χ4v) is 14.8. The van der Waals surface area contributed by atoms with Crippen LogP contribution in [-0.2, 0) is 44.9 Å². The second-order valence-corrected chi connectivity index (χ2v) is 33.0. The van der Waals surface area contributed by atoms with Crippen LogP contribution in [0.5, 0.6) is 0 Å². The molecule has 3 aromatic heterocycles. The number of halogens is 6. The minimum absolute atomic E-state index is 0. The van der Waals surface area contributed by atoms with Gasteiger partial charge in [0, 0.05) is 67.1 Å². The van der Waals surface area contributed by atoms with Crippen molar-refractivity contribution in [3.63, 3.8) is 0 Å².